The van der Waals surface area contributed by atoms with Crippen LogP contribution < -0.4 is 0 Å². The van der Waals surface area contributed by atoms with E-state index in [4.69, 9.17) is 11.6 Å². The summed E-state index contributed by atoms with van der Waals surface area (Å²) in [5, 5.41) is 1.60. The van der Waals surface area contributed by atoms with E-state index in [1.807, 2.05) is 29.1 Å². The van der Waals surface area contributed by atoms with Gasteiger partial charge in [-0.1, -0.05) is 11.6 Å². The molecule has 0 saturated heterocycles. The van der Waals surface area contributed by atoms with Crippen molar-refractivity contribution in [1.82, 2.24) is 24.3 Å². The van der Waals surface area contributed by atoms with Crippen LogP contribution in [-0.2, 0) is 0 Å². The maximum absolute atomic E-state index is 6.01. The Morgan fingerprint density at radius 3 is 3.05 bits per heavy atom. The highest BCUT2D eigenvalue weighted by Crippen LogP contribution is 2.28. The molecule has 19 heavy (non-hydrogen) atoms. The molecule has 4 heterocycles. The molecule has 0 aliphatic rings. The maximum Gasteiger partial charge on any atom is 0.233 e. The van der Waals surface area contributed by atoms with E-state index >= 15 is 0 Å². The Morgan fingerprint density at radius 2 is 2.11 bits per heavy atom. The summed E-state index contributed by atoms with van der Waals surface area (Å²) in [6, 6.07) is 1.90. The van der Waals surface area contributed by atoms with Crippen molar-refractivity contribution in [2.75, 3.05) is 0 Å². The lowest BCUT2D eigenvalue weighted by Gasteiger charge is -2.00. The summed E-state index contributed by atoms with van der Waals surface area (Å²) >= 11 is 6.01. The average Bonchev–Trinajstić information content (AvgIpc) is 3.03. The molecule has 0 aromatic carbocycles. The molecule has 6 heteroatoms. The number of H-pyrrole nitrogens is 1. The summed E-state index contributed by atoms with van der Waals surface area (Å²) in [4.78, 5) is 15.8. The first-order valence-electron chi connectivity index (χ1n) is 5.73. The first kappa shape index (κ1) is 10.5. The Morgan fingerprint density at radius 1 is 1.16 bits per heavy atom. The summed E-state index contributed by atoms with van der Waals surface area (Å²) in [6.45, 7) is 0. The molecule has 0 amide bonds. The standard InChI is InChI=1S/C13H8ClN5/c14-9-3-10-11(6-17-12(10)16-5-9)8-4-18-13-15-1-2-19(13)7-8/h1-7H,(H,16,17). The molecule has 92 valence electrons. The molecule has 5 nitrogen and oxygen atoms in total. The van der Waals surface area contributed by atoms with Gasteiger partial charge in [0.15, 0.2) is 0 Å². The highest BCUT2D eigenvalue weighted by molar-refractivity contribution is 6.31. The lowest BCUT2D eigenvalue weighted by Crippen LogP contribution is -1.89. The highest BCUT2D eigenvalue weighted by atomic mass is 35.5. The summed E-state index contributed by atoms with van der Waals surface area (Å²) in [5.74, 6) is 0.680. The van der Waals surface area contributed by atoms with Crippen LogP contribution in [-0.4, -0.2) is 24.3 Å². The molecule has 0 radical (unpaired) electrons. The second-order valence-electron chi connectivity index (χ2n) is 4.23. The van der Waals surface area contributed by atoms with Crippen LogP contribution in [0.5, 0.6) is 0 Å². The minimum absolute atomic E-state index is 0.616. The fraction of sp³-hybridized carbons (Fsp3) is 0. The van der Waals surface area contributed by atoms with Crippen molar-refractivity contribution in [1.29, 1.82) is 0 Å². The molecule has 0 aliphatic carbocycles. The van der Waals surface area contributed by atoms with E-state index in [1.165, 1.54) is 0 Å². The van der Waals surface area contributed by atoms with Crippen LogP contribution in [0.25, 0.3) is 27.9 Å². The molecule has 0 fully saturated rings. The van der Waals surface area contributed by atoms with Crippen molar-refractivity contribution in [3.8, 4) is 11.1 Å². The first-order valence-corrected chi connectivity index (χ1v) is 6.11. The van der Waals surface area contributed by atoms with Gasteiger partial charge in [0, 0.05) is 53.7 Å². The number of aromatic amines is 1. The smallest absolute Gasteiger partial charge is 0.233 e. The second kappa shape index (κ2) is 3.80. The molecular weight excluding hydrogens is 262 g/mol. The Balaban J connectivity index is 2.00. The van der Waals surface area contributed by atoms with Gasteiger partial charge in [0.1, 0.15) is 5.65 Å². The van der Waals surface area contributed by atoms with Crippen molar-refractivity contribution >= 4 is 28.4 Å². The topological polar surface area (TPSA) is 58.9 Å². The number of aromatic nitrogens is 5. The van der Waals surface area contributed by atoms with E-state index in [0.717, 1.165) is 22.2 Å². The maximum atomic E-state index is 6.01. The molecule has 0 saturated carbocycles. The molecule has 0 unspecified atom stereocenters. The minimum atomic E-state index is 0.616. The summed E-state index contributed by atoms with van der Waals surface area (Å²) < 4.78 is 1.88. The number of imidazole rings is 1. The molecule has 0 aliphatic heterocycles. The highest BCUT2D eigenvalue weighted by Gasteiger charge is 2.09. The van der Waals surface area contributed by atoms with E-state index in [2.05, 4.69) is 19.9 Å². The quantitative estimate of drug-likeness (QED) is 0.578. The minimum Gasteiger partial charge on any atom is -0.346 e. The van der Waals surface area contributed by atoms with E-state index in [9.17, 15) is 0 Å². The van der Waals surface area contributed by atoms with E-state index in [0.29, 0.717) is 10.8 Å². The number of rotatable bonds is 1. The third-order valence-electron chi connectivity index (χ3n) is 3.05. The summed E-state index contributed by atoms with van der Waals surface area (Å²) in [7, 11) is 0. The normalized spacial score (nSPS) is 11.4. The number of pyridine rings is 1. The van der Waals surface area contributed by atoms with Gasteiger partial charge in [-0.05, 0) is 6.07 Å². The largest absolute Gasteiger partial charge is 0.346 e. The Labute approximate surface area is 112 Å². The Hall–Kier alpha value is -2.40. The van der Waals surface area contributed by atoms with Crippen molar-refractivity contribution < 1.29 is 0 Å². The fourth-order valence-electron chi connectivity index (χ4n) is 2.17. The average molecular weight is 270 g/mol. The Bertz CT molecular complexity index is 892. The third kappa shape index (κ3) is 1.59. The molecule has 4 rings (SSSR count). The number of halogens is 1. The van der Waals surface area contributed by atoms with Crippen molar-refractivity contribution in [2.45, 2.75) is 0 Å². The van der Waals surface area contributed by atoms with Gasteiger partial charge in [-0.25, -0.2) is 15.0 Å². The lowest BCUT2D eigenvalue weighted by molar-refractivity contribution is 1.11. The predicted octanol–water partition coefficient (Wildman–Crippen LogP) is 2.93. The van der Waals surface area contributed by atoms with Gasteiger partial charge in [0.2, 0.25) is 5.78 Å². The van der Waals surface area contributed by atoms with Crippen LogP contribution in [0.15, 0.2) is 43.2 Å². The zero-order chi connectivity index (χ0) is 12.8. The molecule has 4 aromatic heterocycles. The second-order valence-corrected chi connectivity index (χ2v) is 4.67. The van der Waals surface area contributed by atoms with Gasteiger partial charge in [-0.15, -0.1) is 0 Å². The number of fused-ring (bicyclic) bond motifs is 2. The van der Waals surface area contributed by atoms with Gasteiger partial charge in [-0.3, -0.25) is 4.40 Å². The molecule has 0 atom stereocenters. The van der Waals surface area contributed by atoms with E-state index in [1.54, 1.807) is 18.6 Å². The first-order chi connectivity index (χ1) is 9.31. The lowest BCUT2D eigenvalue weighted by atomic mass is 10.1. The van der Waals surface area contributed by atoms with Gasteiger partial charge in [-0.2, -0.15) is 0 Å². The monoisotopic (exact) mass is 269 g/mol. The fourth-order valence-corrected chi connectivity index (χ4v) is 2.33. The van der Waals surface area contributed by atoms with Crippen LogP contribution in [0.4, 0.5) is 0 Å². The Kier molecular flexibility index (Phi) is 2.10. The van der Waals surface area contributed by atoms with Gasteiger partial charge >= 0.3 is 0 Å². The van der Waals surface area contributed by atoms with Crippen LogP contribution in [0.3, 0.4) is 0 Å². The van der Waals surface area contributed by atoms with Gasteiger partial charge in [0.05, 0.1) is 5.02 Å². The zero-order valence-corrected chi connectivity index (χ0v) is 10.5. The van der Waals surface area contributed by atoms with Crippen molar-refractivity contribution in [3.63, 3.8) is 0 Å². The molecular formula is C13H8ClN5. The van der Waals surface area contributed by atoms with E-state index in [-0.39, 0.29) is 0 Å². The van der Waals surface area contributed by atoms with Crippen molar-refractivity contribution in [3.05, 3.63) is 48.3 Å². The van der Waals surface area contributed by atoms with Crippen LogP contribution in [0, 0.1) is 0 Å². The number of hydrogen-bond acceptors (Lipinski definition) is 3. The summed E-state index contributed by atoms with van der Waals surface area (Å²) in [6.07, 6.45) is 10.9. The predicted molar refractivity (Wildman–Crippen MR) is 73.1 cm³/mol. The molecule has 4 aromatic rings. The SMILES string of the molecule is Clc1cnc2[nH]cc(-c3cnc4nccn4c3)c2c1. The zero-order valence-electron chi connectivity index (χ0n) is 9.71. The van der Waals surface area contributed by atoms with Gasteiger partial charge in [0.25, 0.3) is 0 Å². The molecule has 1 N–H and O–H groups in total. The van der Waals surface area contributed by atoms with Crippen molar-refractivity contribution in [2.24, 2.45) is 0 Å². The number of nitrogens with one attached hydrogen (secondary N) is 1. The van der Waals surface area contributed by atoms with Gasteiger partial charge < -0.3 is 4.98 Å². The van der Waals surface area contributed by atoms with Crippen LogP contribution >= 0.6 is 11.6 Å². The third-order valence-corrected chi connectivity index (χ3v) is 3.26. The van der Waals surface area contributed by atoms with Crippen LogP contribution in [0.1, 0.15) is 0 Å². The number of hydrogen-bond donors (Lipinski definition) is 1. The molecule has 0 bridgehead atoms. The molecule has 0 spiro atoms. The van der Waals surface area contributed by atoms with E-state index < -0.39 is 0 Å². The number of nitrogens with zero attached hydrogens (tertiary/aromatic N) is 4. The summed E-state index contributed by atoms with van der Waals surface area (Å²) in [5.41, 5.74) is 2.82. The van der Waals surface area contributed by atoms with Crippen LogP contribution in [0.2, 0.25) is 5.02 Å².